The third kappa shape index (κ3) is 2.22. The number of nitrogens with zero attached hydrogens (tertiary/aromatic N) is 2. The molecule has 6 heteroatoms. The standard InChI is InChI=1S/C11H19N3O2S/c1-10(2)7-14(5-6-17-10)9(15)11(3-4-11)8(12)13-16/h16H,3-7H2,1-2H3,(H2,12,13). The van der Waals surface area contributed by atoms with Gasteiger partial charge in [0, 0.05) is 23.6 Å². The minimum absolute atomic E-state index is 0.0289. The van der Waals surface area contributed by atoms with Gasteiger partial charge in [-0.05, 0) is 26.7 Å². The molecule has 1 saturated carbocycles. The highest BCUT2D eigenvalue weighted by molar-refractivity contribution is 8.00. The van der Waals surface area contributed by atoms with Crippen molar-refractivity contribution in [2.24, 2.45) is 16.3 Å². The summed E-state index contributed by atoms with van der Waals surface area (Å²) in [4.78, 5) is 14.3. The van der Waals surface area contributed by atoms with Gasteiger partial charge in [0.15, 0.2) is 5.84 Å². The molecule has 0 unspecified atom stereocenters. The zero-order chi connectivity index (χ0) is 12.7. The second-order valence-electron chi connectivity index (χ2n) is 5.40. The summed E-state index contributed by atoms with van der Waals surface area (Å²) < 4.78 is 0.0924. The molecule has 0 radical (unpaired) electrons. The predicted octanol–water partition coefficient (Wildman–Crippen LogP) is 0.867. The lowest BCUT2D eigenvalue weighted by atomic mass is 10.0. The molecule has 0 atom stereocenters. The first-order valence-electron chi connectivity index (χ1n) is 5.83. The Labute approximate surface area is 105 Å². The average Bonchev–Trinajstić information content (AvgIpc) is 3.07. The van der Waals surface area contributed by atoms with Crippen molar-refractivity contribution in [1.29, 1.82) is 0 Å². The van der Waals surface area contributed by atoms with Gasteiger partial charge in [-0.15, -0.1) is 0 Å². The smallest absolute Gasteiger partial charge is 0.236 e. The van der Waals surface area contributed by atoms with Crippen LogP contribution in [-0.4, -0.2) is 45.4 Å². The molecule has 0 bridgehead atoms. The van der Waals surface area contributed by atoms with E-state index in [1.807, 2.05) is 16.7 Å². The Morgan fingerprint density at radius 1 is 1.47 bits per heavy atom. The highest BCUT2D eigenvalue weighted by atomic mass is 32.2. The zero-order valence-electron chi connectivity index (χ0n) is 10.3. The largest absolute Gasteiger partial charge is 0.409 e. The quantitative estimate of drug-likeness (QED) is 0.333. The van der Waals surface area contributed by atoms with Crippen LogP contribution in [0, 0.1) is 5.41 Å². The first-order valence-corrected chi connectivity index (χ1v) is 6.81. The van der Waals surface area contributed by atoms with Crippen LogP contribution in [0.1, 0.15) is 26.7 Å². The Kier molecular flexibility index (Phi) is 3.01. The number of rotatable bonds is 2. The van der Waals surface area contributed by atoms with Crippen LogP contribution in [-0.2, 0) is 4.79 Å². The molecular formula is C11H19N3O2S. The molecule has 1 saturated heterocycles. The van der Waals surface area contributed by atoms with E-state index in [2.05, 4.69) is 19.0 Å². The molecule has 17 heavy (non-hydrogen) atoms. The van der Waals surface area contributed by atoms with Gasteiger partial charge in [0.25, 0.3) is 0 Å². The second-order valence-corrected chi connectivity index (χ2v) is 7.20. The number of oxime groups is 1. The Morgan fingerprint density at radius 3 is 2.59 bits per heavy atom. The molecule has 1 heterocycles. The van der Waals surface area contributed by atoms with Crippen molar-refractivity contribution in [3.8, 4) is 0 Å². The van der Waals surface area contributed by atoms with E-state index in [-0.39, 0.29) is 16.5 Å². The van der Waals surface area contributed by atoms with E-state index < -0.39 is 5.41 Å². The highest BCUT2D eigenvalue weighted by Gasteiger charge is 2.56. The molecule has 2 rings (SSSR count). The van der Waals surface area contributed by atoms with Crippen molar-refractivity contribution in [2.75, 3.05) is 18.8 Å². The summed E-state index contributed by atoms with van der Waals surface area (Å²) in [7, 11) is 0. The van der Waals surface area contributed by atoms with Gasteiger partial charge in [-0.3, -0.25) is 4.79 Å². The minimum Gasteiger partial charge on any atom is -0.409 e. The van der Waals surface area contributed by atoms with Crippen LogP contribution in [0.2, 0.25) is 0 Å². The first kappa shape index (κ1) is 12.5. The molecular weight excluding hydrogens is 238 g/mol. The molecule has 96 valence electrons. The number of carbonyl (C=O) groups is 1. The summed E-state index contributed by atoms with van der Waals surface area (Å²) in [6.45, 7) is 5.77. The van der Waals surface area contributed by atoms with E-state index >= 15 is 0 Å². The first-order chi connectivity index (χ1) is 7.91. The summed E-state index contributed by atoms with van der Waals surface area (Å²) >= 11 is 1.88. The Morgan fingerprint density at radius 2 is 2.12 bits per heavy atom. The number of hydrogen-bond acceptors (Lipinski definition) is 4. The maximum absolute atomic E-state index is 12.4. The van der Waals surface area contributed by atoms with Gasteiger partial charge in [-0.1, -0.05) is 5.16 Å². The number of thioether (sulfide) groups is 1. The van der Waals surface area contributed by atoms with Crippen LogP contribution in [0.25, 0.3) is 0 Å². The number of nitrogens with two attached hydrogens (primary N) is 1. The van der Waals surface area contributed by atoms with Gasteiger partial charge in [-0.2, -0.15) is 11.8 Å². The summed E-state index contributed by atoms with van der Waals surface area (Å²) in [5.41, 5.74) is 4.93. The van der Waals surface area contributed by atoms with Gasteiger partial charge in [0.05, 0.1) is 0 Å². The normalized spacial score (nSPS) is 26.7. The summed E-state index contributed by atoms with van der Waals surface area (Å²) in [5, 5.41) is 11.8. The molecule has 0 aromatic rings. The fraction of sp³-hybridized carbons (Fsp3) is 0.818. The van der Waals surface area contributed by atoms with Crippen molar-refractivity contribution in [1.82, 2.24) is 4.90 Å². The molecule has 0 aromatic heterocycles. The molecule has 3 N–H and O–H groups in total. The second kappa shape index (κ2) is 4.08. The monoisotopic (exact) mass is 257 g/mol. The van der Waals surface area contributed by atoms with Gasteiger partial charge >= 0.3 is 0 Å². The number of carbonyl (C=O) groups excluding carboxylic acids is 1. The summed E-state index contributed by atoms with van der Waals surface area (Å²) in [6.07, 6.45) is 1.40. The number of hydrogen-bond donors (Lipinski definition) is 2. The number of amides is 1. The highest BCUT2D eigenvalue weighted by Crippen LogP contribution is 2.48. The lowest BCUT2D eigenvalue weighted by Crippen LogP contribution is -2.51. The molecule has 1 amide bonds. The van der Waals surface area contributed by atoms with E-state index in [1.54, 1.807) is 0 Å². The van der Waals surface area contributed by atoms with E-state index in [0.29, 0.717) is 12.8 Å². The fourth-order valence-electron chi connectivity index (χ4n) is 2.29. The van der Waals surface area contributed by atoms with E-state index in [0.717, 1.165) is 18.8 Å². The molecule has 2 aliphatic rings. The number of amidine groups is 1. The van der Waals surface area contributed by atoms with Crippen molar-refractivity contribution in [3.05, 3.63) is 0 Å². The predicted molar refractivity (Wildman–Crippen MR) is 68.2 cm³/mol. The van der Waals surface area contributed by atoms with Crippen molar-refractivity contribution in [2.45, 2.75) is 31.4 Å². The van der Waals surface area contributed by atoms with Gasteiger partial charge in [0.1, 0.15) is 5.41 Å². The van der Waals surface area contributed by atoms with Crippen molar-refractivity contribution >= 4 is 23.5 Å². The third-order valence-corrected chi connectivity index (χ3v) is 4.77. The van der Waals surface area contributed by atoms with E-state index in [9.17, 15) is 4.79 Å². The lowest BCUT2D eigenvalue weighted by molar-refractivity contribution is -0.134. The molecule has 1 aliphatic carbocycles. The van der Waals surface area contributed by atoms with Crippen molar-refractivity contribution in [3.63, 3.8) is 0 Å². The fourth-order valence-corrected chi connectivity index (χ4v) is 3.40. The van der Waals surface area contributed by atoms with Crippen LogP contribution in [0.5, 0.6) is 0 Å². The molecule has 5 nitrogen and oxygen atoms in total. The molecule has 0 aromatic carbocycles. The van der Waals surface area contributed by atoms with Gasteiger partial charge < -0.3 is 15.8 Å². The van der Waals surface area contributed by atoms with E-state index in [1.165, 1.54) is 0 Å². The Bertz CT molecular complexity index is 364. The Balaban J connectivity index is 2.11. The third-order valence-electron chi connectivity index (χ3n) is 3.47. The van der Waals surface area contributed by atoms with Crippen LogP contribution in [0.4, 0.5) is 0 Å². The summed E-state index contributed by atoms with van der Waals surface area (Å²) in [5.74, 6) is 1.05. The summed E-state index contributed by atoms with van der Waals surface area (Å²) in [6, 6.07) is 0. The average molecular weight is 257 g/mol. The van der Waals surface area contributed by atoms with Gasteiger partial charge in [-0.25, -0.2) is 0 Å². The minimum atomic E-state index is -0.702. The van der Waals surface area contributed by atoms with Crippen LogP contribution in [0.15, 0.2) is 5.16 Å². The molecule has 0 spiro atoms. The van der Waals surface area contributed by atoms with E-state index in [4.69, 9.17) is 10.9 Å². The topological polar surface area (TPSA) is 78.9 Å². The van der Waals surface area contributed by atoms with Crippen LogP contribution < -0.4 is 5.73 Å². The lowest BCUT2D eigenvalue weighted by Gasteiger charge is -2.39. The van der Waals surface area contributed by atoms with Crippen LogP contribution in [0.3, 0.4) is 0 Å². The van der Waals surface area contributed by atoms with Gasteiger partial charge in [0.2, 0.25) is 5.91 Å². The van der Waals surface area contributed by atoms with Crippen LogP contribution >= 0.6 is 11.8 Å². The van der Waals surface area contributed by atoms with Crippen molar-refractivity contribution < 1.29 is 10.0 Å². The molecule has 2 fully saturated rings. The zero-order valence-corrected chi connectivity index (χ0v) is 11.1. The maximum atomic E-state index is 12.4. The SMILES string of the molecule is CC1(C)CN(C(=O)C2(C(N)=NO)CC2)CCS1. The Hall–Kier alpha value is -0.910. The maximum Gasteiger partial charge on any atom is 0.236 e. The molecule has 1 aliphatic heterocycles.